The van der Waals surface area contributed by atoms with Crippen molar-refractivity contribution < 1.29 is 19.5 Å². The molecule has 0 bridgehead atoms. The molecule has 2 amide bonds. The van der Waals surface area contributed by atoms with Gasteiger partial charge in [0, 0.05) is 29.8 Å². The van der Waals surface area contributed by atoms with Gasteiger partial charge >= 0.3 is 17.8 Å². The Kier molecular flexibility index (Phi) is 5.95. The fourth-order valence-electron chi connectivity index (χ4n) is 2.40. The van der Waals surface area contributed by atoms with Crippen molar-refractivity contribution in [3.05, 3.63) is 29.3 Å². The molecule has 0 unspecified atom stereocenters. The molecule has 0 atom stereocenters. The lowest BCUT2D eigenvalue weighted by atomic mass is 10.1. The summed E-state index contributed by atoms with van der Waals surface area (Å²) in [5.41, 5.74) is 0.492. The second-order valence-corrected chi connectivity index (χ2v) is 5.82. The zero-order valence-electron chi connectivity index (χ0n) is 12.4. The number of nitrogens with one attached hydrogen (secondary N) is 2. The third kappa shape index (κ3) is 5.54. The summed E-state index contributed by atoms with van der Waals surface area (Å²) in [5, 5.41) is 14.4. The molecule has 1 aliphatic heterocycles. The van der Waals surface area contributed by atoms with Crippen LogP contribution in [-0.2, 0) is 14.4 Å². The number of carbonyl (C=O) groups excluding carboxylic acids is 2. The first-order valence-electron chi connectivity index (χ1n) is 7.25. The molecule has 0 aromatic heterocycles. The zero-order chi connectivity index (χ0) is 16.8. The Morgan fingerprint density at radius 1 is 1.13 bits per heavy atom. The fraction of sp³-hybridized carbons (Fsp3) is 0.400. The summed E-state index contributed by atoms with van der Waals surface area (Å²) in [6.07, 6.45) is 1.24. The minimum Gasteiger partial charge on any atom is -0.480 e. The normalized spacial score (nSPS) is 15.9. The van der Waals surface area contributed by atoms with E-state index in [0.717, 1.165) is 0 Å². The molecule has 1 saturated heterocycles. The van der Waals surface area contributed by atoms with Gasteiger partial charge in [-0.3, -0.25) is 19.3 Å². The van der Waals surface area contributed by atoms with E-state index in [4.69, 9.17) is 16.7 Å². The van der Waals surface area contributed by atoms with E-state index in [0.29, 0.717) is 36.6 Å². The second kappa shape index (κ2) is 7.94. The maximum atomic E-state index is 11.9. The quantitative estimate of drug-likeness (QED) is 0.709. The summed E-state index contributed by atoms with van der Waals surface area (Å²) in [6.45, 7) is 1.16. The molecule has 124 valence electrons. The number of amides is 2. The zero-order valence-corrected chi connectivity index (χ0v) is 13.2. The van der Waals surface area contributed by atoms with Crippen molar-refractivity contribution in [2.24, 2.45) is 0 Å². The maximum absolute atomic E-state index is 11.9. The Labute approximate surface area is 138 Å². The summed E-state index contributed by atoms with van der Waals surface area (Å²) in [5.74, 6) is -2.30. The SMILES string of the molecule is O=C(O)CN1CCC(NC(=O)C(=O)Nc2ccc(Cl)cc2)CC1. The monoisotopic (exact) mass is 339 g/mol. The van der Waals surface area contributed by atoms with Crippen LogP contribution in [0.15, 0.2) is 24.3 Å². The van der Waals surface area contributed by atoms with E-state index < -0.39 is 17.8 Å². The Bertz CT molecular complexity index is 583. The number of likely N-dealkylation sites (tertiary alicyclic amines) is 1. The number of aliphatic carboxylic acids is 1. The molecule has 1 aromatic rings. The highest BCUT2D eigenvalue weighted by atomic mass is 35.5. The number of anilines is 1. The first kappa shape index (κ1) is 17.2. The Hall–Kier alpha value is -2.12. The molecular weight excluding hydrogens is 322 g/mol. The smallest absolute Gasteiger partial charge is 0.317 e. The number of halogens is 1. The molecule has 3 N–H and O–H groups in total. The molecule has 23 heavy (non-hydrogen) atoms. The predicted octanol–water partition coefficient (Wildman–Crippen LogP) is 0.944. The van der Waals surface area contributed by atoms with Crippen LogP contribution < -0.4 is 10.6 Å². The lowest BCUT2D eigenvalue weighted by molar-refractivity contribution is -0.139. The molecule has 1 aliphatic rings. The van der Waals surface area contributed by atoms with Gasteiger partial charge in [0.1, 0.15) is 0 Å². The number of hydrogen-bond acceptors (Lipinski definition) is 4. The van der Waals surface area contributed by atoms with Crippen LogP contribution in [0.25, 0.3) is 0 Å². The molecule has 1 fully saturated rings. The molecule has 1 heterocycles. The summed E-state index contributed by atoms with van der Waals surface area (Å²) in [7, 11) is 0. The summed E-state index contributed by atoms with van der Waals surface area (Å²) in [6, 6.07) is 6.33. The molecule has 0 saturated carbocycles. The van der Waals surface area contributed by atoms with Gasteiger partial charge in [-0.15, -0.1) is 0 Å². The van der Waals surface area contributed by atoms with Crippen LogP contribution in [-0.4, -0.2) is 53.5 Å². The summed E-state index contributed by atoms with van der Waals surface area (Å²) >= 11 is 5.75. The van der Waals surface area contributed by atoms with E-state index in [1.54, 1.807) is 29.2 Å². The lowest BCUT2D eigenvalue weighted by Crippen LogP contribution is -2.48. The van der Waals surface area contributed by atoms with E-state index in [1.165, 1.54) is 0 Å². The van der Waals surface area contributed by atoms with Gasteiger partial charge in [0.25, 0.3) is 0 Å². The van der Waals surface area contributed by atoms with Crippen molar-refractivity contribution >= 4 is 35.1 Å². The van der Waals surface area contributed by atoms with Crippen LogP contribution in [0, 0.1) is 0 Å². The van der Waals surface area contributed by atoms with Crippen LogP contribution in [0.5, 0.6) is 0 Å². The first-order chi connectivity index (χ1) is 10.9. The van der Waals surface area contributed by atoms with Crippen molar-refractivity contribution in [2.75, 3.05) is 25.0 Å². The van der Waals surface area contributed by atoms with Crippen LogP contribution in [0.3, 0.4) is 0 Å². The molecule has 8 heteroatoms. The first-order valence-corrected chi connectivity index (χ1v) is 7.63. The van der Waals surface area contributed by atoms with Crippen molar-refractivity contribution in [1.29, 1.82) is 0 Å². The summed E-state index contributed by atoms with van der Waals surface area (Å²) in [4.78, 5) is 36.2. The minimum atomic E-state index is -0.866. The number of piperidine rings is 1. The van der Waals surface area contributed by atoms with Crippen molar-refractivity contribution in [1.82, 2.24) is 10.2 Å². The summed E-state index contributed by atoms with van der Waals surface area (Å²) < 4.78 is 0. The lowest BCUT2D eigenvalue weighted by Gasteiger charge is -2.30. The molecule has 2 rings (SSSR count). The number of nitrogens with zero attached hydrogens (tertiary/aromatic N) is 1. The topological polar surface area (TPSA) is 98.7 Å². The predicted molar refractivity (Wildman–Crippen MR) is 85.3 cm³/mol. The molecule has 0 radical (unpaired) electrons. The van der Waals surface area contributed by atoms with Gasteiger partial charge in [-0.25, -0.2) is 0 Å². The van der Waals surface area contributed by atoms with Crippen LogP contribution >= 0.6 is 11.6 Å². The fourth-order valence-corrected chi connectivity index (χ4v) is 2.52. The van der Waals surface area contributed by atoms with Crippen molar-refractivity contribution in [2.45, 2.75) is 18.9 Å². The third-order valence-corrected chi connectivity index (χ3v) is 3.84. The van der Waals surface area contributed by atoms with Gasteiger partial charge in [0.2, 0.25) is 0 Å². The second-order valence-electron chi connectivity index (χ2n) is 5.38. The molecule has 0 aliphatic carbocycles. The van der Waals surface area contributed by atoms with Gasteiger partial charge in [-0.05, 0) is 37.1 Å². The number of carboxylic acids is 1. The van der Waals surface area contributed by atoms with Crippen molar-refractivity contribution in [3.63, 3.8) is 0 Å². The standard InChI is InChI=1S/C15H18ClN3O4/c16-10-1-3-11(4-2-10)17-14(22)15(23)18-12-5-7-19(8-6-12)9-13(20)21/h1-4,12H,5-9H2,(H,17,22)(H,18,23)(H,20,21). The molecular formula is C15H18ClN3O4. The number of carboxylic acid groups (broad SMARTS) is 1. The van der Waals surface area contributed by atoms with Gasteiger partial charge in [-0.1, -0.05) is 11.6 Å². The van der Waals surface area contributed by atoms with E-state index in [-0.39, 0.29) is 12.6 Å². The molecule has 7 nitrogen and oxygen atoms in total. The largest absolute Gasteiger partial charge is 0.480 e. The number of rotatable bonds is 4. The highest BCUT2D eigenvalue weighted by molar-refractivity contribution is 6.39. The number of hydrogen-bond donors (Lipinski definition) is 3. The maximum Gasteiger partial charge on any atom is 0.317 e. The van der Waals surface area contributed by atoms with Gasteiger partial charge in [-0.2, -0.15) is 0 Å². The molecule has 0 spiro atoms. The third-order valence-electron chi connectivity index (χ3n) is 3.59. The Morgan fingerprint density at radius 3 is 2.30 bits per heavy atom. The van der Waals surface area contributed by atoms with E-state index >= 15 is 0 Å². The number of benzene rings is 1. The average Bonchev–Trinajstić information content (AvgIpc) is 2.51. The Morgan fingerprint density at radius 2 is 1.74 bits per heavy atom. The van der Waals surface area contributed by atoms with Crippen LogP contribution in [0.1, 0.15) is 12.8 Å². The van der Waals surface area contributed by atoms with Crippen LogP contribution in [0.2, 0.25) is 5.02 Å². The van der Waals surface area contributed by atoms with E-state index in [2.05, 4.69) is 10.6 Å². The number of carbonyl (C=O) groups is 3. The van der Waals surface area contributed by atoms with Gasteiger partial charge in [0.05, 0.1) is 6.54 Å². The highest BCUT2D eigenvalue weighted by Gasteiger charge is 2.24. The minimum absolute atomic E-state index is 0.00226. The van der Waals surface area contributed by atoms with Crippen LogP contribution in [0.4, 0.5) is 5.69 Å². The highest BCUT2D eigenvalue weighted by Crippen LogP contribution is 2.13. The van der Waals surface area contributed by atoms with Gasteiger partial charge in [0.15, 0.2) is 0 Å². The van der Waals surface area contributed by atoms with Crippen molar-refractivity contribution in [3.8, 4) is 0 Å². The molecule has 1 aromatic carbocycles. The Balaban J connectivity index is 1.77. The average molecular weight is 340 g/mol. The van der Waals surface area contributed by atoms with Gasteiger partial charge < -0.3 is 15.7 Å². The van der Waals surface area contributed by atoms with E-state index in [1.807, 2.05) is 0 Å². The van der Waals surface area contributed by atoms with E-state index in [9.17, 15) is 14.4 Å².